The largest absolute Gasteiger partial charge is 0.293 e. The molecule has 0 amide bonds. The summed E-state index contributed by atoms with van der Waals surface area (Å²) in [6, 6.07) is 10.8. The summed E-state index contributed by atoms with van der Waals surface area (Å²) in [5, 5.41) is 0. The molecule has 1 aliphatic heterocycles. The van der Waals surface area contributed by atoms with Gasteiger partial charge in [-0.2, -0.15) is 12.6 Å². The molecular weight excluding hydrogens is 214 g/mol. The van der Waals surface area contributed by atoms with Crippen LogP contribution in [0.5, 0.6) is 0 Å². The molecule has 0 radical (unpaired) electrons. The van der Waals surface area contributed by atoms with Crippen molar-refractivity contribution in [1.29, 1.82) is 0 Å². The van der Waals surface area contributed by atoms with Crippen LogP contribution < -0.4 is 0 Å². The van der Waals surface area contributed by atoms with Crippen LogP contribution in [0.3, 0.4) is 0 Å². The molecule has 90 valence electrons. The normalized spacial score (nSPS) is 25.0. The van der Waals surface area contributed by atoms with Crippen LogP contribution in [0.1, 0.15) is 32.3 Å². The zero-order valence-electron chi connectivity index (χ0n) is 10.6. The third-order valence-corrected chi connectivity index (χ3v) is 3.52. The number of nitrogens with zero attached hydrogens (tertiary/aromatic N) is 1. The van der Waals surface area contributed by atoms with Gasteiger partial charge < -0.3 is 0 Å². The predicted molar refractivity (Wildman–Crippen MR) is 75.1 cm³/mol. The van der Waals surface area contributed by atoms with E-state index in [0.29, 0.717) is 5.92 Å². The summed E-state index contributed by atoms with van der Waals surface area (Å²) in [4.78, 5) is 2.41. The van der Waals surface area contributed by atoms with Crippen molar-refractivity contribution in [1.82, 2.24) is 4.90 Å². The Kier molecular flexibility index (Phi) is 5.93. The maximum Gasteiger partial charge on any atom is 0.0414 e. The lowest BCUT2D eigenvalue weighted by Crippen LogP contribution is -2.18. The van der Waals surface area contributed by atoms with Crippen LogP contribution >= 0.6 is 12.6 Å². The smallest absolute Gasteiger partial charge is 0.0414 e. The first-order valence-electron chi connectivity index (χ1n) is 6.19. The summed E-state index contributed by atoms with van der Waals surface area (Å²) < 4.78 is 0. The number of hydrogen-bond donors (Lipinski definition) is 1. The van der Waals surface area contributed by atoms with Crippen molar-refractivity contribution >= 4 is 12.6 Å². The van der Waals surface area contributed by atoms with E-state index in [9.17, 15) is 0 Å². The molecule has 0 saturated carbocycles. The minimum absolute atomic E-state index is 0.698. The Labute approximate surface area is 105 Å². The van der Waals surface area contributed by atoms with Gasteiger partial charge in [0.05, 0.1) is 0 Å². The second-order valence-electron chi connectivity index (χ2n) is 4.17. The number of likely N-dealkylation sites (tertiary alicyclic amines) is 1. The van der Waals surface area contributed by atoms with E-state index in [0.717, 1.165) is 18.3 Å². The van der Waals surface area contributed by atoms with Crippen LogP contribution in [-0.2, 0) is 0 Å². The standard InChI is InChI=1S/C12H17NS.C2H6/c1-10-7-13(9-14)8-12(10)11-5-3-2-4-6-11;1-2/h2-6,10,12,14H,7-9H2,1H3;1-2H3. The average molecular weight is 237 g/mol. The molecule has 2 rings (SSSR count). The topological polar surface area (TPSA) is 3.24 Å². The van der Waals surface area contributed by atoms with E-state index in [1.54, 1.807) is 0 Å². The SMILES string of the molecule is CC.CC1CN(CS)CC1c1ccccc1. The van der Waals surface area contributed by atoms with Crippen LogP contribution in [0.25, 0.3) is 0 Å². The highest BCUT2D eigenvalue weighted by Crippen LogP contribution is 2.31. The van der Waals surface area contributed by atoms with E-state index in [1.807, 2.05) is 13.8 Å². The fourth-order valence-electron chi connectivity index (χ4n) is 2.32. The molecule has 1 nitrogen and oxygen atoms in total. The van der Waals surface area contributed by atoms with Crippen molar-refractivity contribution in [2.45, 2.75) is 26.7 Å². The Morgan fingerprint density at radius 3 is 2.31 bits per heavy atom. The van der Waals surface area contributed by atoms with Gasteiger partial charge >= 0.3 is 0 Å². The Bertz CT molecular complexity index is 286. The highest BCUT2D eigenvalue weighted by Gasteiger charge is 2.29. The molecule has 0 aromatic heterocycles. The van der Waals surface area contributed by atoms with Gasteiger partial charge in [-0.1, -0.05) is 51.1 Å². The van der Waals surface area contributed by atoms with Crippen LogP contribution in [-0.4, -0.2) is 23.9 Å². The lowest BCUT2D eigenvalue weighted by atomic mass is 9.90. The zero-order chi connectivity index (χ0) is 12.0. The second-order valence-corrected chi connectivity index (χ2v) is 4.45. The zero-order valence-corrected chi connectivity index (χ0v) is 11.5. The van der Waals surface area contributed by atoms with Crippen molar-refractivity contribution < 1.29 is 0 Å². The molecule has 1 aliphatic rings. The fraction of sp³-hybridized carbons (Fsp3) is 0.571. The van der Waals surface area contributed by atoms with E-state index in [-0.39, 0.29) is 0 Å². The molecule has 0 spiro atoms. The molecule has 1 aromatic carbocycles. The molecule has 1 saturated heterocycles. The second kappa shape index (κ2) is 6.97. The van der Waals surface area contributed by atoms with E-state index >= 15 is 0 Å². The van der Waals surface area contributed by atoms with Gasteiger partial charge in [-0.25, -0.2) is 0 Å². The van der Waals surface area contributed by atoms with Crippen LogP contribution in [0.4, 0.5) is 0 Å². The lowest BCUT2D eigenvalue weighted by molar-refractivity contribution is 0.386. The molecule has 2 unspecified atom stereocenters. The van der Waals surface area contributed by atoms with Crippen molar-refractivity contribution in [3.8, 4) is 0 Å². The van der Waals surface area contributed by atoms with E-state index in [1.165, 1.54) is 12.1 Å². The van der Waals surface area contributed by atoms with Crippen LogP contribution in [0.15, 0.2) is 30.3 Å². The molecule has 0 N–H and O–H groups in total. The number of hydrogen-bond acceptors (Lipinski definition) is 2. The third-order valence-electron chi connectivity index (χ3n) is 3.12. The van der Waals surface area contributed by atoms with Gasteiger partial charge in [0.1, 0.15) is 0 Å². The van der Waals surface area contributed by atoms with E-state index in [4.69, 9.17) is 0 Å². The van der Waals surface area contributed by atoms with Crippen molar-refractivity contribution in [3.63, 3.8) is 0 Å². The van der Waals surface area contributed by atoms with Crippen molar-refractivity contribution in [2.75, 3.05) is 19.0 Å². The summed E-state index contributed by atoms with van der Waals surface area (Å²) in [5.74, 6) is 2.33. The quantitative estimate of drug-likeness (QED) is 0.769. The number of rotatable bonds is 2. The van der Waals surface area contributed by atoms with E-state index in [2.05, 4.69) is 54.8 Å². The molecule has 2 heteroatoms. The molecular formula is C14H23NS. The summed E-state index contributed by atoms with van der Waals surface area (Å²) >= 11 is 4.34. The summed E-state index contributed by atoms with van der Waals surface area (Å²) in [6.07, 6.45) is 0. The first-order chi connectivity index (χ1) is 7.81. The summed E-state index contributed by atoms with van der Waals surface area (Å²) in [7, 11) is 0. The maximum absolute atomic E-state index is 4.34. The van der Waals surface area contributed by atoms with Gasteiger partial charge in [0.2, 0.25) is 0 Å². The Balaban J connectivity index is 0.000000606. The number of benzene rings is 1. The van der Waals surface area contributed by atoms with E-state index < -0.39 is 0 Å². The first kappa shape index (κ1) is 13.6. The van der Waals surface area contributed by atoms with Crippen LogP contribution in [0.2, 0.25) is 0 Å². The minimum atomic E-state index is 0.698. The molecule has 1 heterocycles. The first-order valence-corrected chi connectivity index (χ1v) is 6.82. The van der Waals surface area contributed by atoms with Crippen LogP contribution in [0, 0.1) is 5.92 Å². The molecule has 0 bridgehead atoms. The maximum atomic E-state index is 4.34. The highest BCUT2D eigenvalue weighted by atomic mass is 32.1. The minimum Gasteiger partial charge on any atom is -0.293 e. The number of thiol groups is 1. The van der Waals surface area contributed by atoms with Gasteiger partial charge in [0.25, 0.3) is 0 Å². The Morgan fingerprint density at radius 1 is 1.19 bits per heavy atom. The van der Waals surface area contributed by atoms with Crippen molar-refractivity contribution in [3.05, 3.63) is 35.9 Å². The summed E-state index contributed by atoms with van der Waals surface area (Å²) in [6.45, 7) is 8.68. The molecule has 1 aromatic rings. The summed E-state index contributed by atoms with van der Waals surface area (Å²) in [5.41, 5.74) is 1.48. The fourth-order valence-corrected chi connectivity index (χ4v) is 2.55. The highest BCUT2D eigenvalue weighted by molar-refractivity contribution is 7.80. The van der Waals surface area contributed by atoms with Gasteiger partial charge in [-0.15, -0.1) is 0 Å². The monoisotopic (exact) mass is 237 g/mol. The van der Waals surface area contributed by atoms with Gasteiger partial charge in [0, 0.05) is 24.9 Å². The lowest BCUT2D eigenvalue weighted by Gasteiger charge is -2.14. The van der Waals surface area contributed by atoms with Crippen molar-refractivity contribution in [2.24, 2.45) is 5.92 Å². The molecule has 0 aliphatic carbocycles. The molecule has 1 fully saturated rings. The van der Waals surface area contributed by atoms with Gasteiger partial charge in [0.15, 0.2) is 0 Å². The molecule has 16 heavy (non-hydrogen) atoms. The van der Waals surface area contributed by atoms with Gasteiger partial charge in [-0.3, -0.25) is 4.90 Å². The molecule has 2 atom stereocenters. The average Bonchev–Trinajstić information content (AvgIpc) is 2.74. The Morgan fingerprint density at radius 2 is 1.81 bits per heavy atom. The predicted octanol–water partition coefficient (Wildman–Crippen LogP) is 3.64. The van der Waals surface area contributed by atoms with Gasteiger partial charge in [-0.05, 0) is 11.5 Å². The Hall–Kier alpha value is -0.470. The third kappa shape index (κ3) is 3.26.